The van der Waals surface area contributed by atoms with Gasteiger partial charge in [-0.25, -0.2) is 0 Å². The summed E-state index contributed by atoms with van der Waals surface area (Å²) >= 11 is 0. The number of unbranched alkanes of at least 4 members (excludes halogenated alkanes) is 1. The third-order valence-electron chi connectivity index (χ3n) is 4.59. The van der Waals surface area contributed by atoms with E-state index in [1.165, 1.54) is 0 Å². The summed E-state index contributed by atoms with van der Waals surface area (Å²) in [6.07, 6.45) is 9.29. The summed E-state index contributed by atoms with van der Waals surface area (Å²) in [5.41, 5.74) is 0. The number of hydrogen-bond donors (Lipinski definition) is 2. The van der Waals surface area contributed by atoms with Crippen LogP contribution in [0.5, 0.6) is 0 Å². The number of aliphatic hydroxyl groups excluding tert-OH is 1. The lowest BCUT2D eigenvalue weighted by atomic mass is 10.0. The largest absolute Gasteiger partial charge is 0.481 e. The van der Waals surface area contributed by atoms with Gasteiger partial charge in [0.25, 0.3) is 0 Å². The summed E-state index contributed by atoms with van der Waals surface area (Å²) in [6, 6.07) is 0. The average molecular weight is 329 g/mol. The van der Waals surface area contributed by atoms with Crippen LogP contribution in [0, 0.1) is 5.92 Å². The monoisotopic (exact) mass is 328 g/mol. The van der Waals surface area contributed by atoms with Gasteiger partial charge in [0.05, 0.1) is 19.6 Å². The Bertz CT molecular complexity index is 336. The van der Waals surface area contributed by atoms with Gasteiger partial charge < -0.3 is 14.7 Å². The minimum absolute atomic E-state index is 0.316. The molecule has 0 amide bonds. The van der Waals surface area contributed by atoms with Gasteiger partial charge in [0, 0.05) is 0 Å². The molecule has 0 bridgehead atoms. The Balaban J connectivity index is 4.90. The van der Waals surface area contributed by atoms with Crippen LogP contribution in [-0.4, -0.2) is 52.9 Å². The molecular weight excluding hydrogens is 290 g/mol. The highest BCUT2D eigenvalue weighted by Crippen LogP contribution is 2.19. The lowest BCUT2D eigenvalue weighted by Crippen LogP contribution is -2.56. The van der Waals surface area contributed by atoms with Gasteiger partial charge in [-0.15, -0.1) is 0 Å². The van der Waals surface area contributed by atoms with E-state index in [0.29, 0.717) is 19.5 Å². The van der Waals surface area contributed by atoms with Crippen molar-refractivity contribution in [3.63, 3.8) is 0 Å². The van der Waals surface area contributed by atoms with Crippen LogP contribution in [0.2, 0.25) is 0 Å². The Kier molecular flexibility index (Phi) is 12.1. The number of carbonyl (C=O) groups is 1. The predicted octanol–water partition coefficient (Wildman–Crippen LogP) is 3.84. The first-order valence-electron chi connectivity index (χ1n) is 9.31. The summed E-state index contributed by atoms with van der Waals surface area (Å²) < 4.78 is 0.739. The zero-order valence-corrected chi connectivity index (χ0v) is 15.6. The fraction of sp³-hybridized carbons (Fsp3) is 0.842. The molecule has 2 N–H and O–H groups in total. The van der Waals surface area contributed by atoms with Crippen molar-refractivity contribution < 1.29 is 19.5 Å². The molecule has 23 heavy (non-hydrogen) atoms. The highest BCUT2D eigenvalue weighted by molar-refractivity contribution is 5.69. The van der Waals surface area contributed by atoms with Gasteiger partial charge in [-0.2, -0.15) is 0 Å². The molecule has 136 valence electrons. The Morgan fingerprint density at radius 3 is 2.17 bits per heavy atom. The fourth-order valence-corrected chi connectivity index (χ4v) is 3.53. The van der Waals surface area contributed by atoms with Gasteiger partial charge in [0.2, 0.25) is 0 Å². The van der Waals surface area contributed by atoms with Gasteiger partial charge in [-0.05, 0) is 45.4 Å². The molecule has 2 unspecified atom stereocenters. The molecule has 0 aromatic rings. The maximum absolute atomic E-state index is 11.5. The Morgan fingerprint density at radius 2 is 1.74 bits per heavy atom. The maximum atomic E-state index is 11.5. The summed E-state index contributed by atoms with van der Waals surface area (Å²) in [6.45, 7) is 11.5. The average Bonchev–Trinajstić information content (AvgIpc) is 2.49. The molecule has 0 heterocycles. The van der Waals surface area contributed by atoms with Crippen LogP contribution in [0.3, 0.4) is 0 Å². The number of nitrogens with zero attached hydrogens (tertiary/aromatic N) is 1. The van der Waals surface area contributed by atoms with Crippen LogP contribution in [-0.2, 0) is 4.79 Å². The third-order valence-corrected chi connectivity index (χ3v) is 4.59. The first-order chi connectivity index (χ1) is 10.9. The van der Waals surface area contributed by atoms with Gasteiger partial charge in [-0.1, -0.05) is 32.9 Å². The van der Waals surface area contributed by atoms with Crippen LogP contribution in [0.1, 0.15) is 66.2 Å². The van der Waals surface area contributed by atoms with Gasteiger partial charge >= 0.3 is 5.97 Å². The Hall–Kier alpha value is -0.870. The number of hydrogen-bond acceptors (Lipinski definition) is 2. The summed E-state index contributed by atoms with van der Waals surface area (Å²) in [4.78, 5) is 11.5. The molecular formula is C19H38NO3+. The molecule has 0 saturated carbocycles. The van der Waals surface area contributed by atoms with Crippen LogP contribution >= 0.6 is 0 Å². The highest BCUT2D eigenvalue weighted by Gasteiger charge is 2.34. The summed E-state index contributed by atoms with van der Waals surface area (Å²) in [5.74, 6) is -1.02. The van der Waals surface area contributed by atoms with Crippen LogP contribution in [0.25, 0.3) is 0 Å². The minimum atomic E-state index is -0.704. The van der Waals surface area contributed by atoms with Crippen molar-refractivity contribution >= 4 is 5.97 Å². The van der Waals surface area contributed by atoms with E-state index in [1.54, 1.807) is 0 Å². The highest BCUT2D eigenvalue weighted by atomic mass is 16.4. The van der Waals surface area contributed by atoms with Crippen molar-refractivity contribution in [3.05, 3.63) is 12.2 Å². The lowest BCUT2D eigenvalue weighted by Gasteiger charge is -2.41. The SMILES string of the molecule is C/C=C/CCCC(O)C[N+](CCC)(CCC)CC(CC)C(=O)O. The third kappa shape index (κ3) is 9.11. The lowest BCUT2D eigenvalue weighted by molar-refractivity contribution is -0.933. The van der Waals surface area contributed by atoms with Gasteiger partial charge in [-0.3, -0.25) is 4.79 Å². The quantitative estimate of drug-likeness (QED) is 0.289. The molecule has 0 aliphatic rings. The smallest absolute Gasteiger partial charge is 0.312 e. The number of carboxylic acid groups (broad SMARTS) is 1. The van der Waals surface area contributed by atoms with Gasteiger partial charge in [0.15, 0.2) is 0 Å². The van der Waals surface area contributed by atoms with E-state index in [4.69, 9.17) is 0 Å². The Labute approximate surface area is 142 Å². The molecule has 4 nitrogen and oxygen atoms in total. The second-order valence-electron chi connectivity index (χ2n) is 6.75. The van der Waals surface area contributed by atoms with Gasteiger partial charge in [0.1, 0.15) is 18.6 Å². The van der Waals surface area contributed by atoms with Crippen molar-refractivity contribution in [2.45, 2.75) is 72.3 Å². The molecule has 0 radical (unpaired) electrons. The summed E-state index contributed by atoms with van der Waals surface area (Å²) in [5, 5.41) is 19.9. The standard InChI is InChI=1S/C19H37NO3/c1-5-9-10-11-12-18(21)16-20(13-6-2,14-7-3)15-17(8-4)19(22)23/h5,9,17-18,21H,6-8,10-16H2,1-4H3/p+1/b9-5+. The molecule has 0 fully saturated rings. The Morgan fingerprint density at radius 1 is 1.13 bits per heavy atom. The molecule has 0 aliphatic carbocycles. The number of quaternary nitrogens is 1. The van der Waals surface area contributed by atoms with Crippen LogP contribution in [0.15, 0.2) is 12.2 Å². The first-order valence-corrected chi connectivity index (χ1v) is 9.31. The second kappa shape index (κ2) is 12.5. The van der Waals surface area contributed by atoms with E-state index in [2.05, 4.69) is 19.9 Å². The predicted molar refractivity (Wildman–Crippen MR) is 96.4 cm³/mol. The fourth-order valence-electron chi connectivity index (χ4n) is 3.53. The number of aliphatic hydroxyl groups is 1. The zero-order chi connectivity index (χ0) is 17.7. The maximum Gasteiger partial charge on any atom is 0.312 e. The topological polar surface area (TPSA) is 57.5 Å². The normalized spacial score (nSPS) is 15.0. The van der Waals surface area contributed by atoms with E-state index >= 15 is 0 Å². The molecule has 0 rings (SSSR count). The molecule has 0 aromatic carbocycles. The first kappa shape index (κ1) is 22.1. The van der Waals surface area contributed by atoms with Crippen molar-refractivity contribution in [3.8, 4) is 0 Å². The number of aliphatic carboxylic acids is 1. The van der Waals surface area contributed by atoms with Crippen molar-refractivity contribution in [1.82, 2.24) is 0 Å². The van der Waals surface area contributed by atoms with E-state index in [1.807, 2.05) is 19.9 Å². The van der Waals surface area contributed by atoms with Crippen molar-refractivity contribution in [2.75, 3.05) is 26.2 Å². The van der Waals surface area contributed by atoms with E-state index in [9.17, 15) is 15.0 Å². The molecule has 4 heteroatoms. The molecule has 0 aromatic heterocycles. The van der Waals surface area contributed by atoms with E-state index in [-0.39, 0.29) is 12.0 Å². The van der Waals surface area contributed by atoms with Crippen molar-refractivity contribution in [1.29, 1.82) is 0 Å². The zero-order valence-electron chi connectivity index (χ0n) is 15.6. The van der Waals surface area contributed by atoms with Crippen LogP contribution < -0.4 is 0 Å². The minimum Gasteiger partial charge on any atom is -0.481 e. The number of allylic oxidation sites excluding steroid dienone is 2. The van der Waals surface area contributed by atoms with E-state index < -0.39 is 5.97 Å². The van der Waals surface area contributed by atoms with Crippen LogP contribution in [0.4, 0.5) is 0 Å². The molecule has 0 spiro atoms. The number of rotatable bonds is 14. The number of carboxylic acids is 1. The van der Waals surface area contributed by atoms with E-state index in [0.717, 1.165) is 49.7 Å². The summed E-state index contributed by atoms with van der Waals surface area (Å²) in [7, 11) is 0. The molecule has 2 atom stereocenters. The van der Waals surface area contributed by atoms with Crippen molar-refractivity contribution in [2.24, 2.45) is 5.92 Å². The molecule has 0 aliphatic heterocycles. The molecule has 0 saturated heterocycles. The second-order valence-corrected chi connectivity index (χ2v) is 6.75.